The van der Waals surface area contributed by atoms with E-state index < -0.39 is 11.4 Å². The number of hydrogen-bond donors (Lipinski definition) is 2. The lowest BCUT2D eigenvalue weighted by Gasteiger charge is -2.33. The molecule has 1 aliphatic rings. The highest BCUT2D eigenvalue weighted by Crippen LogP contribution is 2.34. The summed E-state index contributed by atoms with van der Waals surface area (Å²) in [7, 11) is 0. The van der Waals surface area contributed by atoms with Crippen LogP contribution in [0.1, 0.15) is 56.4 Å². The molecule has 1 aliphatic heterocycles. The van der Waals surface area contributed by atoms with Gasteiger partial charge in [-0.25, -0.2) is 19.2 Å². The van der Waals surface area contributed by atoms with E-state index in [1.807, 2.05) is 52.0 Å². The summed E-state index contributed by atoms with van der Waals surface area (Å²) in [5.41, 5.74) is 2.94. The van der Waals surface area contributed by atoms with Crippen molar-refractivity contribution in [2.24, 2.45) is 0 Å². The first-order chi connectivity index (χ1) is 19.1. The summed E-state index contributed by atoms with van der Waals surface area (Å²) in [6.07, 6.45) is 2.70. The van der Waals surface area contributed by atoms with Crippen LogP contribution in [0.25, 0.3) is 10.9 Å². The maximum absolute atomic E-state index is 15.1. The van der Waals surface area contributed by atoms with Gasteiger partial charge in [0.2, 0.25) is 5.88 Å². The van der Waals surface area contributed by atoms with Crippen molar-refractivity contribution < 1.29 is 18.7 Å². The summed E-state index contributed by atoms with van der Waals surface area (Å²) in [5.74, 6) is -0.0256. The molecule has 2 aromatic carbocycles. The van der Waals surface area contributed by atoms with Crippen LogP contribution in [0.4, 0.5) is 20.7 Å². The number of halogens is 1. The van der Waals surface area contributed by atoms with Crippen LogP contribution in [0.15, 0.2) is 48.8 Å². The molecule has 1 amide bonds. The molecule has 5 rings (SSSR count). The number of benzene rings is 2. The third-order valence-corrected chi connectivity index (χ3v) is 6.76. The van der Waals surface area contributed by atoms with Gasteiger partial charge in [-0.1, -0.05) is 12.1 Å². The fraction of sp³-hybridized carbons (Fsp3) is 0.333. The first-order valence-electron chi connectivity index (χ1n) is 13.2. The number of piperidine rings is 1. The minimum Gasteiger partial charge on any atom is -0.444 e. The summed E-state index contributed by atoms with van der Waals surface area (Å²) >= 11 is 0. The number of anilines is 2. The molecule has 9 nitrogen and oxygen atoms in total. The molecule has 1 saturated heterocycles. The molecule has 0 radical (unpaired) electrons. The standard InChI is InChI=1S/C30H31FN6O3/c1-18-15-22-24(35-18)9-10-25(26(22)31)39-28-23(16-32)27(33-17-34-28)36-21-7-5-19(6-8-21)20-11-13-37(14-12-20)29(38)40-30(2,3)4/h5-10,15,17,20,35H,11-14H2,1-4H3,(H,33,34,36). The number of aryl methyl sites for hydroxylation is 1. The van der Waals surface area contributed by atoms with Crippen LogP contribution in [0, 0.1) is 24.1 Å². The highest BCUT2D eigenvalue weighted by Gasteiger charge is 2.27. The molecule has 0 spiro atoms. The lowest BCUT2D eigenvalue weighted by molar-refractivity contribution is 0.0205. The largest absolute Gasteiger partial charge is 0.444 e. The number of nitrogens with zero attached hydrogens (tertiary/aromatic N) is 4. The Morgan fingerprint density at radius 1 is 1.15 bits per heavy atom. The number of aromatic amines is 1. The second kappa shape index (κ2) is 10.8. The number of rotatable bonds is 5. The molecule has 0 bridgehead atoms. The lowest BCUT2D eigenvalue weighted by atomic mass is 9.89. The summed E-state index contributed by atoms with van der Waals surface area (Å²) < 4.78 is 26.3. The second-order valence-electron chi connectivity index (χ2n) is 10.9. The van der Waals surface area contributed by atoms with E-state index in [-0.39, 0.29) is 29.1 Å². The zero-order valence-corrected chi connectivity index (χ0v) is 22.9. The molecular weight excluding hydrogens is 511 g/mol. The molecule has 1 fully saturated rings. The molecule has 0 aliphatic carbocycles. The van der Waals surface area contributed by atoms with Crippen molar-refractivity contribution in [3.05, 3.63) is 71.4 Å². The maximum atomic E-state index is 15.1. The zero-order chi connectivity index (χ0) is 28.4. The van der Waals surface area contributed by atoms with Crippen LogP contribution < -0.4 is 10.1 Å². The van der Waals surface area contributed by atoms with Crippen LogP contribution in [0.2, 0.25) is 0 Å². The van der Waals surface area contributed by atoms with Crippen molar-refractivity contribution in [3.8, 4) is 17.7 Å². The SMILES string of the molecule is Cc1cc2c(F)c(Oc3ncnc(Nc4ccc(C5CCN(C(=O)OC(C)(C)C)CC5)cc4)c3C#N)ccc2[nH]1. The third kappa shape index (κ3) is 5.83. The van der Waals surface area contributed by atoms with Gasteiger partial charge in [0, 0.05) is 35.4 Å². The first-order valence-corrected chi connectivity index (χ1v) is 13.2. The van der Waals surface area contributed by atoms with Crippen molar-refractivity contribution in [2.75, 3.05) is 18.4 Å². The van der Waals surface area contributed by atoms with Crippen molar-refractivity contribution in [1.82, 2.24) is 19.9 Å². The maximum Gasteiger partial charge on any atom is 0.410 e. The van der Waals surface area contributed by atoms with Gasteiger partial charge in [-0.3, -0.25) is 0 Å². The Balaban J connectivity index is 1.26. The summed E-state index contributed by atoms with van der Waals surface area (Å²) in [5, 5.41) is 13.4. The summed E-state index contributed by atoms with van der Waals surface area (Å²) in [4.78, 5) is 25.5. The Kier molecular flexibility index (Phi) is 7.30. The monoisotopic (exact) mass is 542 g/mol. The van der Waals surface area contributed by atoms with Crippen LogP contribution in [-0.4, -0.2) is 44.6 Å². The summed E-state index contributed by atoms with van der Waals surface area (Å²) in [6, 6.07) is 14.9. The Bertz CT molecular complexity index is 1580. The van der Waals surface area contributed by atoms with Gasteiger partial charge in [0.1, 0.15) is 18.0 Å². The molecule has 0 atom stereocenters. The number of hydrogen-bond acceptors (Lipinski definition) is 7. The number of amides is 1. The van der Waals surface area contributed by atoms with E-state index in [0.717, 1.165) is 24.2 Å². The first kappa shape index (κ1) is 26.9. The minimum atomic E-state index is -0.536. The number of carbonyl (C=O) groups excluding carboxylic acids is 1. The highest BCUT2D eigenvalue weighted by atomic mass is 19.1. The molecule has 0 unspecified atom stereocenters. The Labute approximate surface area is 232 Å². The fourth-order valence-electron chi connectivity index (χ4n) is 4.81. The average Bonchev–Trinajstić information content (AvgIpc) is 3.31. The predicted octanol–water partition coefficient (Wildman–Crippen LogP) is 6.93. The quantitative estimate of drug-likeness (QED) is 0.281. The van der Waals surface area contributed by atoms with Crippen LogP contribution in [-0.2, 0) is 4.74 Å². The predicted molar refractivity (Wildman–Crippen MR) is 149 cm³/mol. The Morgan fingerprint density at radius 3 is 2.55 bits per heavy atom. The number of nitriles is 1. The van der Waals surface area contributed by atoms with E-state index in [0.29, 0.717) is 29.9 Å². The number of fused-ring (bicyclic) bond motifs is 1. The number of carbonyl (C=O) groups is 1. The van der Waals surface area contributed by atoms with Gasteiger partial charge >= 0.3 is 6.09 Å². The second-order valence-corrected chi connectivity index (χ2v) is 10.9. The molecule has 40 heavy (non-hydrogen) atoms. The van der Waals surface area contributed by atoms with E-state index in [1.165, 1.54) is 18.0 Å². The molecule has 10 heteroatoms. The van der Waals surface area contributed by atoms with Crippen LogP contribution in [0.3, 0.4) is 0 Å². The van der Waals surface area contributed by atoms with Crippen molar-refractivity contribution in [3.63, 3.8) is 0 Å². The smallest absolute Gasteiger partial charge is 0.410 e. The number of ether oxygens (including phenoxy) is 2. The van der Waals surface area contributed by atoms with E-state index in [2.05, 4.69) is 26.3 Å². The van der Waals surface area contributed by atoms with Gasteiger partial charge in [-0.2, -0.15) is 5.26 Å². The van der Waals surface area contributed by atoms with Gasteiger partial charge in [0.25, 0.3) is 0 Å². The molecule has 3 heterocycles. The van der Waals surface area contributed by atoms with Gasteiger partial charge < -0.3 is 24.7 Å². The number of aromatic nitrogens is 3. The topological polar surface area (TPSA) is 116 Å². The highest BCUT2D eigenvalue weighted by molar-refractivity contribution is 5.83. The lowest BCUT2D eigenvalue weighted by Crippen LogP contribution is -2.41. The average molecular weight is 543 g/mol. The molecule has 206 valence electrons. The van der Waals surface area contributed by atoms with Gasteiger partial charge in [0.15, 0.2) is 22.9 Å². The minimum absolute atomic E-state index is 0.0327. The zero-order valence-electron chi connectivity index (χ0n) is 22.9. The molecular formula is C30H31FN6O3. The molecule has 2 N–H and O–H groups in total. The number of likely N-dealkylation sites (tertiary alicyclic amines) is 1. The van der Waals surface area contributed by atoms with Crippen molar-refractivity contribution in [1.29, 1.82) is 5.26 Å². The van der Waals surface area contributed by atoms with Gasteiger partial charge in [-0.15, -0.1) is 0 Å². The van der Waals surface area contributed by atoms with E-state index >= 15 is 4.39 Å². The van der Waals surface area contributed by atoms with Crippen molar-refractivity contribution >= 4 is 28.5 Å². The third-order valence-electron chi connectivity index (χ3n) is 6.76. The number of H-pyrrole nitrogens is 1. The Hall–Kier alpha value is -4.65. The summed E-state index contributed by atoms with van der Waals surface area (Å²) in [6.45, 7) is 8.74. The van der Waals surface area contributed by atoms with E-state index in [9.17, 15) is 10.1 Å². The molecule has 2 aromatic heterocycles. The Morgan fingerprint density at radius 2 is 1.88 bits per heavy atom. The number of nitrogens with one attached hydrogen (secondary N) is 2. The van der Waals surface area contributed by atoms with Gasteiger partial charge in [-0.05, 0) is 82.3 Å². The normalized spacial score (nSPS) is 14.2. The van der Waals surface area contributed by atoms with Crippen molar-refractivity contribution in [2.45, 2.75) is 52.1 Å². The molecule has 0 saturated carbocycles. The van der Waals surface area contributed by atoms with Gasteiger partial charge in [0.05, 0.1) is 0 Å². The van der Waals surface area contributed by atoms with Crippen LogP contribution >= 0.6 is 0 Å². The molecule has 4 aromatic rings. The van der Waals surface area contributed by atoms with Crippen LogP contribution in [0.5, 0.6) is 11.6 Å². The fourth-order valence-corrected chi connectivity index (χ4v) is 4.81. The van der Waals surface area contributed by atoms with E-state index in [4.69, 9.17) is 9.47 Å². The van der Waals surface area contributed by atoms with E-state index in [1.54, 1.807) is 17.0 Å².